The molecule has 1 saturated carbocycles. The molecule has 0 amide bonds. The summed E-state index contributed by atoms with van der Waals surface area (Å²) in [5.74, 6) is -0.318. The molecule has 35 heavy (non-hydrogen) atoms. The molecular formula is C23H26N4O7S. The monoisotopic (exact) mass is 502 g/mol. The number of carbonyl (C=O) groups is 1. The molecule has 4 atom stereocenters. The summed E-state index contributed by atoms with van der Waals surface area (Å²) >= 11 is 0. The molecule has 0 radical (unpaired) electrons. The van der Waals surface area contributed by atoms with Crippen LogP contribution in [0.15, 0.2) is 59.6 Å². The van der Waals surface area contributed by atoms with Gasteiger partial charge in [0.25, 0.3) is 0 Å². The molecule has 1 fully saturated rings. The Morgan fingerprint density at radius 3 is 2.69 bits per heavy atom. The molecule has 11 nitrogen and oxygen atoms in total. The number of aliphatic hydroxyl groups excluding tert-OH is 1. The van der Waals surface area contributed by atoms with Crippen molar-refractivity contribution in [2.24, 2.45) is 0 Å². The quantitative estimate of drug-likeness (QED) is 0.314. The number of rotatable bonds is 9. The number of furan rings is 1. The highest BCUT2D eigenvalue weighted by molar-refractivity contribution is 7.84. The van der Waals surface area contributed by atoms with Crippen molar-refractivity contribution in [3.8, 4) is 0 Å². The lowest BCUT2D eigenvalue weighted by Gasteiger charge is -2.22. The van der Waals surface area contributed by atoms with Gasteiger partial charge in [0.2, 0.25) is 5.78 Å². The molecule has 0 spiro atoms. The van der Waals surface area contributed by atoms with E-state index in [1.807, 2.05) is 10.8 Å². The zero-order chi connectivity index (χ0) is 25.2. The van der Waals surface area contributed by atoms with Crippen LogP contribution in [0, 0.1) is 0 Å². The van der Waals surface area contributed by atoms with Crippen LogP contribution in [0.1, 0.15) is 47.0 Å². The third-order valence-electron chi connectivity index (χ3n) is 5.99. The number of aliphatic hydroxyl groups is 2. The van der Waals surface area contributed by atoms with E-state index in [4.69, 9.17) is 8.60 Å². The topological polar surface area (TPSA) is 164 Å². The predicted molar refractivity (Wildman–Crippen MR) is 125 cm³/mol. The van der Waals surface area contributed by atoms with Gasteiger partial charge in [0.05, 0.1) is 17.9 Å². The van der Waals surface area contributed by atoms with Crippen molar-refractivity contribution in [1.82, 2.24) is 14.7 Å². The van der Waals surface area contributed by atoms with Gasteiger partial charge in [-0.05, 0) is 31.4 Å². The summed E-state index contributed by atoms with van der Waals surface area (Å²) in [6.45, 7) is 1.61. The van der Waals surface area contributed by atoms with Gasteiger partial charge < -0.3 is 19.9 Å². The Hall–Kier alpha value is -3.16. The van der Waals surface area contributed by atoms with Crippen molar-refractivity contribution in [2.75, 3.05) is 12.4 Å². The Labute approximate surface area is 202 Å². The van der Waals surface area contributed by atoms with E-state index in [0.29, 0.717) is 11.1 Å². The molecule has 0 saturated heterocycles. The fourth-order valence-electron chi connectivity index (χ4n) is 3.99. The molecule has 0 unspecified atom stereocenters. The van der Waals surface area contributed by atoms with Gasteiger partial charge in [-0.25, -0.2) is 9.97 Å². The van der Waals surface area contributed by atoms with Crippen LogP contribution in [-0.4, -0.2) is 59.7 Å². The highest BCUT2D eigenvalue weighted by atomic mass is 32.2. The summed E-state index contributed by atoms with van der Waals surface area (Å²) < 4.78 is 35.9. The summed E-state index contributed by atoms with van der Waals surface area (Å²) in [6, 6.07) is 10.1. The number of nitrogens with zero attached hydrogens (tertiary/aromatic N) is 2. The van der Waals surface area contributed by atoms with E-state index in [1.54, 1.807) is 31.2 Å². The fraction of sp³-hybridized carbons (Fsp3) is 0.348. The second-order valence-electron chi connectivity index (χ2n) is 8.42. The molecule has 1 aliphatic rings. The second kappa shape index (κ2) is 9.84. The summed E-state index contributed by atoms with van der Waals surface area (Å²) in [6.07, 6.45) is 2.31. The highest BCUT2D eigenvalue weighted by Gasteiger charge is 2.37. The fourth-order valence-corrected chi connectivity index (χ4v) is 4.61. The molecule has 12 heteroatoms. The van der Waals surface area contributed by atoms with Crippen LogP contribution < -0.4 is 10.0 Å². The molecule has 2 aromatic heterocycles. The van der Waals surface area contributed by atoms with Crippen molar-refractivity contribution in [2.45, 2.75) is 43.6 Å². The predicted octanol–water partition coefficient (Wildman–Crippen LogP) is 1.34. The third-order valence-corrected chi connectivity index (χ3v) is 6.99. The second-order valence-corrected chi connectivity index (χ2v) is 9.93. The van der Waals surface area contributed by atoms with Crippen LogP contribution in [0.4, 0.5) is 5.82 Å². The average molecular weight is 503 g/mol. The lowest BCUT2D eigenvalue weighted by molar-refractivity contribution is 0.0636. The maximum Gasteiger partial charge on any atom is 0.335 e. The van der Waals surface area contributed by atoms with Crippen LogP contribution in [0.5, 0.6) is 0 Å². The first kappa shape index (κ1) is 24.9. The van der Waals surface area contributed by atoms with Crippen molar-refractivity contribution < 1.29 is 32.0 Å². The first-order valence-corrected chi connectivity index (χ1v) is 12.3. The molecule has 2 heterocycles. The van der Waals surface area contributed by atoms with Crippen LogP contribution >= 0.6 is 0 Å². The molecular weight excluding hydrogens is 476 g/mol. The molecule has 0 aliphatic heterocycles. The van der Waals surface area contributed by atoms with Crippen molar-refractivity contribution in [1.29, 1.82) is 0 Å². The van der Waals surface area contributed by atoms with Gasteiger partial charge in [-0.2, -0.15) is 13.1 Å². The number of nitrogens with one attached hydrogen (secondary N) is 2. The smallest absolute Gasteiger partial charge is 0.335 e. The van der Waals surface area contributed by atoms with Crippen LogP contribution in [0.2, 0.25) is 0 Å². The molecule has 4 N–H and O–H groups in total. The summed E-state index contributed by atoms with van der Waals surface area (Å²) in [5, 5.41) is 24.3. The Bertz CT molecular complexity index is 1290. The Morgan fingerprint density at radius 2 is 1.97 bits per heavy atom. The SMILES string of the molecule is CNS(=O)(=O)O[C@@H]1C[C@H](Nc2ncncc2C(=O)c2cc([C@](C)(O)c3ccccc3)co2)C[C@@H]1O. The standard InChI is InChI=1S/C23H26N4O7S/c1-23(30,14-6-4-3-5-7-14)15-8-20(33-12-15)21(29)17-11-25-13-26-22(17)27-16-9-18(28)19(10-16)34-35(31,32)24-2/h3-8,11-13,16,18-19,24,28,30H,9-10H2,1-2H3,(H,25,26,27)/t16-,18+,19-,23-/m1/s1. The van der Waals surface area contributed by atoms with Crippen molar-refractivity contribution >= 4 is 21.9 Å². The van der Waals surface area contributed by atoms with Gasteiger partial charge in [0.15, 0.2) is 5.76 Å². The molecule has 4 rings (SSSR count). The number of ketones is 1. The lowest BCUT2D eigenvalue weighted by atomic mass is 9.90. The van der Waals surface area contributed by atoms with Crippen LogP contribution in [0.3, 0.4) is 0 Å². The van der Waals surface area contributed by atoms with E-state index >= 15 is 0 Å². The number of benzene rings is 1. The number of aromatic nitrogens is 2. The Kier molecular flexibility index (Phi) is 7.01. The molecule has 1 aliphatic carbocycles. The minimum absolute atomic E-state index is 0.0122. The van der Waals surface area contributed by atoms with Crippen LogP contribution in [-0.2, 0) is 20.1 Å². The summed E-state index contributed by atoms with van der Waals surface area (Å²) in [4.78, 5) is 21.3. The maximum atomic E-state index is 13.2. The van der Waals surface area contributed by atoms with E-state index < -0.39 is 39.9 Å². The Morgan fingerprint density at radius 1 is 1.23 bits per heavy atom. The van der Waals surface area contributed by atoms with Gasteiger partial charge in [-0.15, -0.1) is 0 Å². The number of anilines is 1. The summed E-state index contributed by atoms with van der Waals surface area (Å²) in [5.41, 5.74) is -0.208. The van der Waals surface area contributed by atoms with Gasteiger partial charge in [0, 0.05) is 24.8 Å². The van der Waals surface area contributed by atoms with E-state index in [0.717, 1.165) is 0 Å². The number of carbonyl (C=O) groups excluding carboxylic acids is 1. The van der Waals surface area contributed by atoms with Crippen LogP contribution in [0.25, 0.3) is 0 Å². The van der Waals surface area contributed by atoms with E-state index in [1.165, 1.54) is 31.9 Å². The third kappa shape index (κ3) is 5.41. The zero-order valence-electron chi connectivity index (χ0n) is 19.1. The highest BCUT2D eigenvalue weighted by Crippen LogP contribution is 2.32. The lowest BCUT2D eigenvalue weighted by Crippen LogP contribution is -2.31. The molecule has 186 valence electrons. The average Bonchev–Trinajstić information content (AvgIpc) is 3.47. The minimum atomic E-state index is -3.97. The molecule has 0 bridgehead atoms. The number of hydrogen-bond donors (Lipinski definition) is 4. The van der Waals surface area contributed by atoms with Crippen molar-refractivity contribution in [3.05, 3.63) is 77.6 Å². The first-order chi connectivity index (χ1) is 16.6. The van der Waals surface area contributed by atoms with E-state index in [9.17, 15) is 23.4 Å². The van der Waals surface area contributed by atoms with Gasteiger partial charge in [-0.1, -0.05) is 30.3 Å². The van der Waals surface area contributed by atoms with E-state index in [2.05, 4.69) is 15.3 Å². The zero-order valence-corrected chi connectivity index (χ0v) is 19.9. The van der Waals surface area contributed by atoms with Gasteiger partial charge in [0.1, 0.15) is 23.9 Å². The minimum Gasteiger partial charge on any atom is -0.460 e. The van der Waals surface area contributed by atoms with Gasteiger partial charge in [-0.3, -0.25) is 8.98 Å². The Balaban J connectivity index is 1.52. The largest absolute Gasteiger partial charge is 0.460 e. The van der Waals surface area contributed by atoms with E-state index in [-0.39, 0.29) is 30.0 Å². The molecule has 1 aromatic carbocycles. The number of hydrogen-bond acceptors (Lipinski definition) is 10. The normalized spacial score (nSPS) is 22.0. The maximum absolute atomic E-state index is 13.2. The van der Waals surface area contributed by atoms with Crippen molar-refractivity contribution in [3.63, 3.8) is 0 Å². The first-order valence-electron chi connectivity index (χ1n) is 10.9. The van der Waals surface area contributed by atoms with Gasteiger partial charge >= 0.3 is 10.3 Å². The summed E-state index contributed by atoms with van der Waals surface area (Å²) in [7, 11) is -2.76. The molecule has 3 aromatic rings.